The highest BCUT2D eigenvalue weighted by Crippen LogP contribution is 2.31. The Kier molecular flexibility index (Phi) is 5.38. The van der Waals surface area contributed by atoms with Crippen LogP contribution in [0.5, 0.6) is 5.75 Å². The number of ether oxygens (including phenoxy) is 1. The summed E-state index contributed by atoms with van der Waals surface area (Å²) in [7, 11) is 1.70. The van der Waals surface area contributed by atoms with Gasteiger partial charge in [0.15, 0.2) is 0 Å². The monoisotopic (exact) mass is 280 g/mol. The minimum atomic E-state index is -0.279. The zero-order valence-electron chi connectivity index (χ0n) is 12.7. The summed E-state index contributed by atoms with van der Waals surface area (Å²) in [4.78, 5) is 2.39. The van der Waals surface area contributed by atoms with Crippen molar-refractivity contribution in [3.63, 3.8) is 0 Å². The van der Waals surface area contributed by atoms with Crippen LogP contribution in [-0.4, -0.2) is 44.9 Å². The molecule has 0 amide bonds. The normalized spacial score (nSPS) is 18.0. The fraction of sp³-hybridized carbons (Fsp3) is 0.625. The molecule has 0 saturated carbocycles. The lowest BCUT2D eigenvalue weighted by Gasteiger charge is -2.35. The molecule has 0 spiro atoms. The van der Waals surface area contributed by atoms with Crippen molar-refractivity contribution in [1.82, 2.24) is 10.2 Å². The summed E-state index contributed by atoms with van der Waals surface area (Å²) < 4.78 is 18.4. The zero-order chi connectivity index (χ0) is 14.5. The van der Waals surface area contributed by atoms with E-state index in [4.69, 9.17) is 4.74 Å². The van der Waals surface area contributed by atoms with Gasteiger partial charge in [-0.15, -0.1) is 0 Å². The number of aryl methyl sites for hydroxylation is 2. The molecule has 1 aliphatic rings. The molecular formula is C16H25FN2O. The fourth-order valence-electron chi connectivity index (χ4n) is 3.16. The van der Waals surface area contributed by atoms with Crippen LogP contribution in [0.15, 0.2) is 12.1 Å². The molecular weight excluding hydrogens is 255 g/mol. The van der Waals surface area contributed by atoms with Crippen molar-refractivity contribution in [2.45, 2.75) is 26.3 Å². The molecule has 4 heteroatoms. The molecule has 1 aromatic carbocycles. The molecule has 20 heavy (non-hydrogen) atoms. The third-order valence-electron chi connectivity index (χ3n) is 4.05. The average Bonchev–Trinajstić information content (AvgIpc) is 2.45. The van der Waals surface area contributed by atoms with Gasteiger partial charge in [0.1, 0.15) is 5.75 Å². The first kappa shape index (κ1) is 15.3. The minimum Gasteiger partial charge on any atom is -0.496 e. The van der Waals surface area contributed by atoms with Gasteiger partial charge in [0.05, 0.1) is 13.8 Å². The van der Waals surface area contributed by atoms with Crippen LogP contribution in [0.3, 0.4) is 0 Å². The van der Waals surface area contributed by atoms with Gasteiger partial charge in [-0.25, -0.2) is 0 Å². The second-order valence-electron chi connectivity index (χ2n) is 5.47. The van der Waals surface area contributed by atoms with E-state index >= 15 is 0 Å². The van der Waals surface area contributed by atoms with Crippen LogP contribution in [0.1, 0.15) is 29.2 Å². The Hall–Kier alpha value is -1.13. The maximum absolute atomic E-state index is 13.0. The van der Waals surface area contributed by atoms with Crippen LogP contribution in [0.2, 0.25) is 0 Å². The highest BCUT2D eigenvalue weighted by Gasteiger charge is 2.23. The summed E-state index contributed by atoms with van der Waals surface area (Å²) in [5.74, 6) is 0.938. The van der Waals surface area contributed by atoms with Crippen LogP contribution < -0.4 is 10.1 Å². The molecule has 2 rings (SSSR count). The van der Waals surface area contributed by atoms with Crippen molar-refractivity contribution >= 4 is 0 Å². The van der Waals surface area contributed by atoms with Crippen molar-refractivity contribution < 1.29 is 9.13 Å². The minimum absolute atomic E-state index is 0.172. The van der Waals surface area contributed by atoms with Crippen LogP contribution in [0.4, 0.5) is 4.39 Å². The van der Waals surface area contributed by atoms with E-state index in [1.807, 2.05) is 0 Å². The lowest BCUT2D eigenvalue weighted by Crippen LogP contribution is -2.45. The first-order chi connectivity index (χ1) is 9.67. The summed E-state index contributed by atoms with van der Waals surface area (Å²) in [6.45, 7) is 7.76. The van der Waals surface area contributed by atoms with E-state index in [2.05, 4.69) is 36.2 Å². The molecule has 0 aliphatic carbocycles. The molecule has 1 aliphatic heterocycles. The molecule has 1 saturated heterocycles. The molecule has 3 nitrogen and oxygen atoms in total. The number of rotatable bonds is 5. The fourth-order valence-corrected chi connectivity index (χ4v) is 3.16. The average molecular weight is 280 g/mol. The van der Waals surface area contributed by atoms with Gasteiger partial charge >= 0.3 is 0 Å². The quantitative estimate of drug-likeness (QED) is 0.897. The van der Waals surface area contributed by atoms with Gasteiger partial charge in [-0.1, -0.05) is 12.1 Å². The predicted molar refractivity (Wildman–Crippen MR) is 80.2 cm³/mol. The van der Waals surface area contributed by atoms with Gasteiger partial charge in [-0.05, 0) is 37.0 Å². The topological polar surface area (TPSA) is 24.5 Å². The first-order valence-electron chi connectivity index (χ1n) is 7.33. The zero-order valence-corrected chi connectivity index (χ0v) is 12.7. The molecule has 1 N–H and O–H groups in total. The van der Waals surface area contributed by atoms with Gasteiger partial charge in [-0.3, -0.25) is 9.29 Å². The summed E-state index contributed by atoms with van der Waals surface area (Å²) >= 11 is 0. The van der Waals surface area contributed by atoms with Gasteiger partial charge in [0, 0.05) is 32.2 Å². The Balaban J connectivity index is 2.28. The maximum atomic E-state index is 13.0. The van der Waals surface area contributed by atoms with Gasteiger partial charge in [0.25, 0.3) is 0 Å². The second-order valence-corrected chi connectivity index (χ2v) is 5.47. The second kappa shape index (κ2) is 7.04. The van der Waals surface area contributed by atoms with E-state index in [1.165, 1.54) is 5.56 Å². The third kappa shape index (κ3) is 3.30. The summed E-state index contributed by atoms with van der Waals surface area (Å²) in [6, 6.07) is 4.47. The van der Waals surface area contributed by atoms with Crippen LogP contribution >= 0.6 is 0 Å². The molecule has 112 valence electrons. The molecule has 0 radical (unpaired) electrons. The van der Waals surface area contributed by atoms with Crippen molar-refractivity contribution in [3.8, 4) is 5.75 Å². The van der Waals surface area contributed by atoms with Crippen LogP contribution in [-0.2, 0) is 0 Å². The number of piperazine rings is 1. The standard InChI is InChI=1S/C16H25FN2O/c1-12-10-14(11-13(2)16(12)20-3)15(4-5-17)19-8-6-18-7-9-19/h10-11,15,18H,4-9H2,1-3H3/t15-/m0/s1. The lowest BCUT2D eigenvalue weighted by atomic mass is 9.97. The van der Waals surface area contributed by atoms with Crippen molar-refractivity contribution in [3.05, 3.63) is 28.8 Å². The number of methoxy groups -OCH3 is 1. The van der Waals surface area contributed by atoms with Crippen LogP contribution in [0.25, 0.3) is 0 Å². The number of alkyl halides is 1. The molecule has 0 unspecified atom stereocenters. The summed E-state index contributed by atoms with van der Waals surface area (Å²) in [6.07, 6.45) is 0.561. The molecule has 1 atom stereocenters. The van der Waals surface area contributed by atoms with E-state index in [1.54, 1.807) is 7.11 Å². The van der Waals surface area contributed by atoms with E-state index in [0.717, 1.165) is 43.1 Å². The summed E-state index contributed by atoms with van der Waals surface area (Å²) in [5, 5.41) is 3.35. The van der Waals surface area contributed by atoms with Crippen molar-refractivity contribution in [2.75, 3.05) is 40.0 Å². The highest BCUT2D eigenvalue weighted by molar-refractivity contribution is 5.44. The third-order valence-corrected chi connectivity index (χ3v) is 4.05. The molecule has 0 bridgehead atoms. The maximum Gasteiger partial charge on any atom is 0.124 e. The number of benzene rings is 1. The van der Waals surface area contributed by atoms with Gasteiger partial charge < -0.3 is 10.1 Å². The number of nitrogens with one attached hydrogen (secondary N) is 1. The van der Waals surface area contributed by atoms with Gasteiger partial charge in [0.2, 0.25) is 0 Å². The Morgan fingerprint density at radius 1 is 1.25 bits per heavy atom. The first-order valence-corrected chi connectivity index (χ1v) is 7.33. The Morgan fingerprint density at radius 2 is 1.85 bits per heavy atom. The number of hydrogen-bond acceptors (Lipinski definition) is 3. The number of hydrogen-bond donors (Lipinski definition) is 1. The SMILES string of the molecule is COc1c(C)cc([C@H](CCF)N2CCNCC2)cc1C. The Morgan fingerprint density at radius 3 is 2.35 bits per heavy atom. The smallest absolute Gasteiger partial charge is 0.124 e. The lowest BCUT2D eigenvalue weighted by molar-refractivity contribution is 0.157. The van der Waals surface area contributed by atoms with Crippen LogP contribution in [0, 0.1) is 13.8 Å². The number of halogens is 1. The van der Waals surface area contributed by atoms with Gasteiger partial charge in [-0.2, -0.15) is 0 Å². The molecule has 1 heterocycles. The Labute approximate surface area is 121 Å². The molecule has 1 aromatic rings. The number of nitrogens with zero attached hydrogens (tertiary/aromatic N) is 1. The van der Waals surface area contributed by atoms with E-state index < -0.39 is 0 Å². The predicted octanol–water partition coefficient (Wildman–Crippen LogP) is 2.62. The van der Waals surface area contributed by atoms with E-state index in [-0.39, 0.29) is 12.7 Å². The highest BCUT2D eigenvalue weighted by atomic mass is 19.1. The molecule has 0 aromatic heterocycles. The van der Waals surface area contributed by atoms with Crippen molar-refractivity contribution in [2.24, 2.45) is 0 Å². The van der Waals surface area contributed by atoms with E-state index in [9.17, 15) is 4.39 Å². The Bertz CT molecular complexity index is 421. The summed E-state index contributed by atoms with van der Waals surface area (Å²) in [5.41, 5.74) is 3.46. The van der Waals surface area contributed by atoms with E-state index in [0.29, 0.717) is 6.42 Å². The molecule has 1 fully saturated rings. The van der Waals surface area contributed by atoms with Crippen molar-refractivity contribution in [1.29, 1.82) is 0 Å². The largest absolute Gasteiger partial charge is 0.496 e.